The Morgan fingerprint density at radius 3 is 2.43 bits per heavy atom. The van der Waals surface area contributed by atoms with Crippen molar-refractivity contribution in [3.63, 3.8) is 0 Å². The molecular formula is C14H18ClN3O4S. The topological polar surface area (TPSA) is 92.5 Å². The molecule has 2 fully saturated rings. The van der Waals surface area contributed by atoms with Gasteiger partial charge in [-0.05, 0) is 50.9 Å². The van der Waals surface area contributed by atoms with Gasteiger partial charge >= 0.3 is 0 Å². The lowest BCUT2D eigenvalue weighted by molar-refractivity contribution is -0.384. The third-order valence-corrected chi connectivity index (χ3v) is 6.18. The molecule has 0 amide bonds. The molecule has 1 aromatic rings. The number of nitrogens with zero attached hydrogens (tertiary/aromatic N) is 2. The van der Waals surface area contributed by atoms with Gasteiger partial charge < -0.3 is 4.90 Å². The quantitative estimate of drug-likeness (QED) is 0.642. The number of rotatable bonds is 5. The first kappa shape index (κ1) is 16.6. The molecule has 1 heterocycles. The van der Waals surface area contributed by atoms with Crippen LogP contribution >= 0.6 is 11.6 Å². The Morgan fingerprint density at radius 1 is 1.22 bits per heavy atom. The van der Waals surface area contributed by atoms with Crippen molar-refractivity contribution in [2.45, 2.75) is 42.7 Å². The highest BCUT2D eigenvalue weighted by Crippen LogP contribution is 2.30. The number of hydrogen-bond acceptors (Lipinski definition) is 5. The molecule has 1 aromatic carbocycles. The van der Waals surface area contributed by atoms with Crippen LogP contribution in [0, 0.1) is 10.1 Å². The summed E-state index contributed by atoms with van der Waals surface area (Å²) < 4.78 is 27.5. The summed E-state index contributed by atoms with van der Waals surface area (Å²) in [5, 5.41) is 10.8. The molecule has 1 saturated heterocycles. The lowest BCUT2D eigenvalue weighted by Gasteiger charge is -2.32. The fourth-order valence-electron chi connectivity index (χ4n) is 2.91. The van der Waals surface area contributed by atoms with E-state index >= 15 is 0 Å². The van der Waals surface area contributed by atoms with E-state index < -0.39 is 20.6 Å². The molecule has 0 atom stereocenters. The van der Waals surface area contributed by atoms with E-state index in [1.54, 1.807) is 0 Å². The van der Waals surface area contributed by atoms with Gasteiger partial charge in [-0.1, -0.05) is 11.6 Å². The van der Waals surface area contributed by atoms with E-state index in [0.717, 1.165) is 32.0 Å². The second kappa shape index (κ2) is 6.35. The van der Waals surface area contributed by atoms with Crippen LogP contribution in [-0.4, -0.2) is 43.4 Å². The first-order valence-electron chi connectivity index (χ1n) is 7.57. The van der Waals surface area contributed by atoms with Gasteiger partial charge in [0.05, 0.1) is 9.82 Å². The van der Waals surface area contributed by atoms with Crippen molar-refractivity contribution in [1.29, 1.82) is 0 Å². The molecule has 1 N–H and O–H groups in total. The van der Waals surface area contributed by atoms with Gasteiger partial charge in [-0.3, -0.25) is 10.1 Å². The molecule has 7 nitrogen and oxygen atoms in total. The zero-order chi connectivity index (χ0) is 16.6. The fraction of sp³-hybridized carbons (Fsp3) is 0.571. The van der Waals surface area contributed by atoms with Crippen LogP contribution in [0.1, 0.15) is 25.7 Å². The lowest BCUT2D eigenvalue weighted by Crippen LogP contribution is -2.45. The van der Waals surface area contributed by atoms with Crippen LogP contribution in [0.15, 0.2) is 23.1 Å². The number of sulfonamides is 1. The van der Waals surface area contributed by atoms with Crippen LogP contribution in [0.3, 0.4) is 0 Å². The van der Waals surface area contributed by atoms with Crippen LogP contribution in [0.2, 0.25) is 5.02 Å². The van der Waals surface area contributed by atoms with E-state index in [9.17, 15) is 18.5 Å². The Balaban J connectivity index is 1.69. The van der Waals surface area contributed by atoms with E-state index in [4.69, 9.17) is 11.6 Å². The number of halogens is 1. The van der Waals surface area contributed by atoms with Gasteiger partial charge in [0.1, 0.15) is 5.02 Å². The highest BCUT2D eigenvalue weighted by atomic mass is 35.5. The van der Waals surface area contributed by atoms with Crippen LogP contribution in [0.25, 0.3) is 0 Å². The summed E-state index contributed by atoms with van der Waals surface area (Å²) in [6, 6.07) is 4.08. The molecule has 9 heteroatoms. The molecule has 1 aliphatic carbocycles. The molecule has 1 aliphatic heterocycles. The summed E-state index contributed by atoms with van der Waals surface area (Å²) in [5.74, 6) is 0. The van der Waals surface area contributed by atoms with E-state index in [1.165, 1.54) is 25.0 Å². The Morgan fingerprint density at radius 2 is 1.87 bits per heavy atom. The molecular weight excluding hydrogens is 342 g/mol. The summed E-state index contributed by atoms with van der Waals surface area (Å²) in [6.45, 7) is 1.78. The fourth-order valence-corrected chi connectivity index (χ4v) is 4.42. The third kappa shape index (κ3) is 3.82. The van der Waals surface area contributed by atoms with Gasteiger partial charge in [0.25, 0.3) is 5.69 Å². The number of benzene rings is 1. The number of likely N-dealkylation sites (tertiary alicyclic amines) is 1. The minimum atomic E-state index is -3.79. The maximum absolute atomic E-state index is 12.4. The van der Waals surface area contributed by atoms with Crippen molar-refractivity contribution in [3.8, 4) is 0 Å². The maximum atomic E-state index is 12.4. The average molecular weight is 360 g/mol. The van der Waals surface area contributed by atoms with Crippen LogP contribution < -0.4 is 4.72 Å². The van der Waals surface area contributed by atoms with Gasteiger partial charge in [-0.2, -0.15) is 0 Å². The van der Waals surface area contributed by atoms with Gasteiger partial charge in [0, 0.05) is 18.2 Å². The largest absolute Gasteiger partial charge is 0.300 e. The predicted octanol–water partition coefficient (Wildman–Crippen LogP) is 2.15. The summed E-state index contributed by atoms with van der Waals surface area (Å²) in [4.78, 5) is 12.5. The molecule has 0 unspecified atom stereocenters. The Hall–Kier alpha value is -1.22. The summed E-state index contributed by atoms with van der Waals surface area (Å²) >= 11 is 5.72. The summed E-state index contributed by atoms with van der Waals surface area (Å²) in [6.07, 6.45) is 3.99. The average Bonchev–Trinajstić information content (AvgIpc) is 3.32. The second-order valence-corrected chi connectivity index (χ2v) is 8.15. The lowest BCUT2D eigenvalue weighted by atomic mass is 10.1. The van der Waals surface area contributed by atoms with E-state index in [1.807, 2.05) is 0 Å². The van der Waals surface area contributed by atoms with E-state index in [-0.39, 0.29) is 16.0 Å². The Bertz CT molecular complexity index is 713. The minimum absolute atomic E-state index is 0.0771. The van der Waals surface area contributed by atoms with Crippen molar-refractivity contribution in [2.75, 3.05) is 13.1 Å². The van der Waals surface area contributed by atoms with Gasteiger partial charge in [0.2, 0.25) is 10.0 Å². The highest BCUT2D eigenvalue weighted by Gasteiger charge is 2.33. The number of nitro benzene ring substituents is 1. The zero-order valence-corrected chi connectivity index (χ0v) is 14.0. The molecule has 1 saturated carbocycles. The molecule has 0 spiro atoms. The molecule has 0 bridgehead atoms. The van der Waals surface area contributed by atoms with Crippen molar-refractivity contribution in [3.05, 3.63) is 33.3 Å². The van der Waals surface area contributed by atoms with E-state index in [0.29, 0.717) is 6.04 Å². The molecule has 126 valence electrons. The zero-order valence-electron chi connectivity index (χ0n) is 12.4. The van der Waals surface area contributed by atoms with Crippen molar-refractivity contribution < 1.29 is 13.3 Å². The van der Waals surface area contributed by atoms with Gasteiger partial charge in [-0.25, -0.2) is 13.1 Å². The maximum Gasteiger partial charge on any atom is 0.289 e. The molecule has 0 radical (unpaired) electrons. The van der Waals surface area contributed by atoms with Crippen molar-refractivity contribution in [1.82, 2.24) is 9.62 Å². The summed E-state index contributed by atoms with van der Waals surface area (Å²) in [7, 11) is -3.79. The normalized spacial score (nSPS) is 20.6. The standard InChI is InChI=1S/C14H18ClN3O4S/c15-13-4-3-12(9-14(13)18(19)20)23(21,22)16-10-5-7-17(8-6-10)11-1-2-11/h3-4,9-11,16H,1-2,5-8H2. The van der Waals surface area contributed by atoms with Crippen LogP contribution in [0.5, 0.6) is 0 Å². The molecule has 2 aliphatic rings. The number of nitrogens with one attached hydrogen (secondary N) is 1. The predicted molar refractivity (Wildman–Crippen MR) is 86.0 cm³/mol. The number of hydrogen-bond donors (Lipinski definition) is 1. The first-order chi connectivity index (χ1) is 10.9. The van der Waals surface area contributed by atoms with Crippen LogP contribution in [0.4, 0.5) is 5.69 Å². The highest BCUT2D eigenvalue weighted by molar-refractivity contribution is 7.89. The van der Waals surface area contributed by atoms with Crippen LogP contribution in [-0.2, 0) is 10.0 Å². The third-order valence-electron chi connectivity index (χ3n) is 4.34. The molecule has 0 aromatic heterocycles. The van der Waals surface area contributed by atoms with Gasteiger partial charge in [-0.15, -0.1) is 0 Å². The Kier molecular flexibility index (Phi) is 4.59. The SMILES string of the molecule is O=[N+]([O-])c1cc(S(=O)(=O)NC2CCN(C3CC3)CC2)ccc1Cl. The number of piperidine rings is 1. The smallest absolute Gasteiger partial charge is 0.289 e. The first-order valence-corrected chi connectivity index (χ1v) is 9.43. The van der Waals surface area contributed by atoms with E-state index in [2.05, 4.69) is 9.62 Å². The Labute approximate surface area is 139 Å². The monoisotopic (exact) mass is 359 g/mol. The summed E-state index contributed by atoms with van der Waals surface area (Å²) in [5.41, 5.74) is -0.405. The number of nitro groups is 1. The molecule has 23 heavy (non-hydrogen) atoms. The van der Waals surface area contributed by atoms with Crippen molar-refractivity contribution in [2.24, 2.45) is 0 Å². The molecule has 3 rings (SSSR count). The second-order valence-electron chi connectivity index (χ2n) is 6.03. The van der Waals surface area contributed by atoms with Gasteiger partial charge in [0.15, 0.2) is 0 Å². The van der Waals surface area contributed by atoms with Crippen molar-refractivity contribution >= 4 is 27.3 Å². The minimum Gasteiger partial charge on any atom is -0.300 e.